The molecule has 0 spiro atoms. The van der Waals surface area contributed by atoms with E-state index in [1.807, 2.05) is 5.38 Å². The maximum atomic E-state index is 12.9. The third kappa shape index (κ3) is 4.12. The predicted octanol–water partition coefficient (Wildman–Crippen LogP) is 5.00. The van der Waals surface area contributed by atoms with Crippen molar-refractivity contribution in [1.29, 1.82) is 0 Å². The van der Waals surface area contributed by atoms with Gasteiger partial charge in [-0.05, 0) is 33.6 Å². The van der Waals surface area contributed by atoms with E-state index in [1.54, 1.807) is 10.6 Å². The van der Waals surface area contributed by atoms with Gasteiger partial charge in [-0.25, -0.2) is 4.79 Å². The smallest absolute Gasteiger partial charge is 0.335 e. The third-order valence-corrected chi connectivity index (χ3v) is 18.5. The highest BCUT2D eigenvalue weighted by atomic mass is 32.1. The fourth-order valence-corrected chi connectivity index (χ4v) is 17.6. The number of ether oxygens (including phenoxy) is 1. The molecular formula is C23H38N2O6SSi2. The largest absolute Gasteiger partial charge is 0.414 e. The first kappa shape index (κ1) is 26.0. The van der Waals surface area contributed by atoms with Crippen molar-refractivity contribution in [3.05, 3.63) is 32.3 Å². The summed E-state index contributed by atoms with van der Waals surface area (Å²) in [6, 6.07) is 1.80. The first-order valence-corrected chi connectivity index (χ1v) is 17.1. The molecule has 8 nitrogen and oxygen atoms in total. The van der Waals surface area contributed by atoms with E-state index in [2.05, 4.69) is 60.4 Å². The lowest BCUT2D eigenvalue weighted by atomic mass is 10.2. The lowest BCUT2D eigenvalue weighted by Crippen LogP contribution is -2.65. The average Bonchev–Trinajstić information content (AvgIpc) is 3.35. The van der Waals surface area contributed by atoms with Crippen LogP contribution in [0.15, 0.2) is 21.0 Å². The van der Waals surface area contributed by atoms with Crippen molar-refractivity contribution in [2.45, 2.75) is 102 Å². The zero-order valence-electron chi connectivity index (χ0n) is 21.4. The van der Waals surface area contributed by atoms with Crippen LogP contribution in [0.1, 0.15) is 68.0 Å². The van der Waals surface area contributed by atoms with Gasteiger partial charge in [0.1, 0.15) is 17.0 Å². The van der Waals surface area contributed by atoms with Gasteiger partial charge in [0.25, 0.3) is 5.56 Å². The van der Waals surface area contributed by atoms with Crippen LogP contribution in [0, 0.1) is 0 Å². The molecule has 4 heterocycles. The number of aromatic amines is 1. The van der Waals surface area contributed by atoms with Crippen molar-refractivity contribution in [1.82, 2.24) is 9.55 Å². The van der Waals surface area contributed by atoms with Crippen molar-refractivity contribution < 1.29 is 17.7 Å². The molecule has 0 radical (unpaired) electrons. The van der Waals surface area contributed by atoms with Crippen LogP contribution < -0.4 is 11.2 Å². The first-order chi connectivity index (χ1) is 15.9. The molecule has 0 aromatic carbocycles. The molecule has 0 bridgehead atoms. The van der Waals surface area contributed by atoms with Crippen molar-refractivity contribution in [3.63, 3.8) is 0 Å². The van der Waals surface area contributed by atoms with Crippen LogP contribution >= 0.6 is 11.3 Å². The summed E-state index contributed by atoms with van der Waals surface area (Å²) < 4.78 is 29.6. The molecule has 2 aromatic rings. The molecule has 1 N–H and O–H groups in total. The molecule has 0 amide bonds. The number of nitrogens with one attached hydrogen (secondary N) is 1. The molecule has 2 aliphatic rings. The minimum absolute atomic E-state index is 0.220. The van der Waals surface area contributed by atoms with E-state index in [0.717, 1.165) is 0 Å². The molecule has 3 atom stereocenters. The Balaban J connectivity index is 1.77. The average molecular weight is 527 g/mol. The van der Waals surface area contributed by atoms with E-state index < -0.39 is 29.0 Å². The van der Waals surface area contributed by atoms with Crippen molar-refractivity contribution >= 4 is 38.7 Å². The Kier molecular flexibility index (Phi) is 7.20. The van der Waals surface area contributed by atoms with E-state index in [9.17, 15) is 9.59 Å². The van der Waals surface area contributed by atoms with E-state index in [0.29, 0.717) is 23.2 Å². The van der Waals surface area contributed by atoms with Gasteiger partial charge in [-0.15, -0.1) is 11.3 Å². The van der Waals surface area contributed by atoms with Crippen LogP contribution in [0.2, 0.25) is 22.2 Å². The molecular weight excluding hydrogens is 489 g/mol. The number of H-pyrrole nitrogens is 1. The molecule has 11 heteroatoms. The van der Waals surface area contributed by atoms with Crippen molar-refractivity contribution in [3.8, 4) is 0 Å². The van der Waals surface area contributed by atoms with Gasteiger partial charge in [-0.3, -0.25) is 14.3 Å². The minimum atomic E-state index is -2.75. The van der Waals surface area contributed by atoms with Crippen LogP contribution in [-0.2, 0) is 17.7 Å². The number of aromatic nitrogens is 2. The second-order valence-corrected chi connectivity index (χ2v) is 20.5. The Bertz CT molecular complexity index is 1120. The van der Waals surface area contributed by atoms with E-state index in [4.69, 9.17) is 17.7 Å². The fraction of sp³-hybridized carbons (Fsp3) is 0.739. The van der Waals surface area contributed by atoms with Gasteiger partial charge in [0.2, 0.25) is 0 Å². The van der Waals surface area contributed by atoms with Gasteiger partial charge in [0, 0.05) is 6.42 Å². The van der Waals surface area contributed by atoms with Crippen LogP contribution in [0.4, 0.5) is 0 Å². The Morgan fingerprint density at radius 2 is 1.59 bits per heavy atom. The number of hydrogen-bond donors (Lipinski definition) is 1. The van der Waals surface area contributed by atoms with Gasteiger partial charge in [0.05, 0.1) is 18.2 Å². The summed E-state index contributed by atoms with van der Waals surface area (Å²) >= 11 is 1.32. The standard InChI is InChI=1S/C23H38N2O6SSi2/c1-13(2)33(14(3)4)28-12-19-18(30-34(31-33,15(5)6)16(7)8)11-20(29-19)25-17-9-10-32-21(17)22(26)24-23(25)27/h9-10,13-16,18-20H,11-12H2,1-8H3,(H,24,26,27)/t18?,19-,20?/m1/s1. The molecule has 2 aromatic heterocycles. The van der Waals surface area contributed by atoms with Gasteiger partial charge < -0.3 is 17.7 Å². The Hall–Kier alpha value is -1.09. The minimum Gasteiger partial charge on any atom is -0.414 e. The topological polar surface area (TPSA) is 91.8 Å². The number of nitrogens with zero attached hydrogens (tertiary/aromatic N) is 1. The van der Waals surface area contributed by atoms with Crippen molar-refractivity contribution in [2.24, 2.45) is 0 Å². The predicted molar refractivity (Wildman–Crippen MR) is 139 cm³/mol. The summed E-state index contributed by atoms with van der Waals surface area (Å²) in [5.41, 5.74) is 0.716. The van der Waals surface area contributed by atoms with Crippen LogP contribution in [0.5, 0.6) is 0 Å². The molecule has 2 aliphatic heterocycles. The van der Waals surface area contributed by atoms with Crippen LogP contribution in [-0.4, -0.2) is 45.5 Å². The summed E-state index contributed by atoms with van der Waals surface area (Å²) in [5.74, 6) is 0. The summed E-state index contributed by atoms with van der Waals surface area (Å²) in [4.78, 5) is 27.6. The Labute approximate surface area is 207 Å². The van der Waals surface area contributed by atoms with Gasteiger partial charge in [-0.1, -0.05) is 55.4 Å². The summed E-state index contributed by atoms with van der Waals surface area (Å²) in [5, 5.41) is 1.82. The highest BCUT2D eigenvalue weighted by molar-refractivity contribution is 7.17. The highest BCUT2D eigenvalue weighted by Gasteiger charge is 2.60. The second kappa shape index (κ2) is 9.42. The quantitative estimate of drug-likeness (QED) is 0.552. The fourth-order valence-electron chi connectivity index (χ4n) is 5.57. The third-order valence-electron chi connectivity index (χ3n) is 7.36. The zero-order chi connectivity index (χ0) is 25.0. The van der Waals surface area contributed by atoms with E-state index in [1.165, 1.54) is 11.3 Å². The maximum Gasteiger partial charge on any atom is 0.335 e. The molecule has 2 fully saturated rings. The van der Waals surface area contributed by atoms with Crippen LogP contribution in [0.3, 0.4) is 0 Å². The lowest BCUT2D eigenvalue weighted by Gasteiger charge is -2.51. The number of rotatable bonds is 5. The lowest BCUT2D eigenvalue weighted by molar-refractivity contribution is -0.0553. The summed E-state index contributed by atoms with van der Waals surface area (Å²) in [6.45, 7) is 17.9. The molecule has 34 heavy (non-hydrogen) atoms. The van der Waals surface area contributed by atoms with Gasteiger partial charge >= 0.3 is 22.8 Å². The van der Waals surface area contributed by atoms with Crippen molar-refractivity contribution in [2.75, 3.05) is 6.61 Å². The van der Waals surface area contributed by atoms with E-state index >= 15 is 0 Å². The van der Waals surface area contributed by atoms with Crippen LogP contribution in [0.25, 0.3) is 10.2 Å². The highest BCUT2D eigenvalue weighted by Crippen LogP contribution is 2.48. The first-order valence-electron chi connectivity index (χ1n) is 12.3. The molecule has 0 saturated carbocycles. The normalized spacial score (nSPS) is 27.0. The van der Waals surface area contributed by atoms with E-state index in [-0.39, 0.29) is 39.9 Å². The molecule has 190 valence electrons. The SMILES string of the molecule is CC(C)[Si]1(C(C)C)OC[C@H]2OC(n3c(=O)[nH]c(=O)c4sccc43)CC2O[Si](C(C)C)(C(C)C)O1. The molecule has 4 rings (SSSR count). The molecule has 0 aliphatic carbocycles. The Morgan fingerprint density at radius 1 is 0.971 bits per heavy atom. The number of hydrogen-bond acceptors (Lipinski definition) is 7. The maximum absolute atomic E-state index is 12.9. The van der Waals surface area contributed by atoms with Gasteiger partial charge in [-0.2, -0.15) is 0 Å². The Morgan fingerprint density at radius 3 is 2.18 bits per heavy atom. The van der Waals surface area contributed by atoms with Gasteiger partial charge in [0.15, 0.2) is 0 Å². The monoisotopic (exact) mass is 526 g/mol. The molecule has 2 unspecified atom stereocenters. The number of fused-ring (bicyclic) bond motifs is 2. The summed E-state index contributed by atoms with van der Waals surface area (Å²) in [6.07, 6.45) is -0.603. The summed E-state index contributed by atoms with van der Waals surface area (Å²) in [7, 11) is -5.40. The number of thiophene rings is 1. The zero-order valence-corrected chi connectivity index (χ0v) is 24.2. The second-order valence-electron chi connectivity index (χ2n) is 10.8. The molecule has 2 saturated heterocycles.